The van der Waals surface area contributed by atoms with Gasteiger partial charge >= 0.3 is 0 Å². The summed E-state index contributed by atoms with van der Waals surface area (Å²) in [6, 6.07) is 21.5. The molecule has 0 radical (unpaired) electrons. The average Bonchev–Trinajstić information content (AvgIpc) is 3.32. The normalized spacial score (nSPS) is 10.9. The summed E-state index contributed by atoms with van der Waals surface area (Å²) in [5.41, 5.74) is 5.41. The highest BCUT2D eigenvalue weighted by atomic mass is 32.2. The Morgan fingerprint density at radius 2 is 1.83 bits per heavy atom. The Hall–Kier alpha value is -4.51. The number of nitrogens with zero attached hydrogens (tertiary/aromatic N) is 5. The number of thioether (sulfide) groups is 1. The second kappa shape index (κ2) is 11.3. The number of para-hydroxylation sites is 1. The van der Waals surface area contributed by atoms with E-state index in [-0.39, 0.29) is 17.3 Å². The van der Waals surface area contributed by atoms with E-state index < -0.39 is 4.92 Å². The smallest absolute Gasteiger partial charge is 0.278 e. The van der Waals surface area contributed by atoms with Gasteiger partial charge in [0.05, 0.1) is 29.6 Å². The minimum atomic E-state index is -0.503. The van der Waals surface area contributed by atoms with Crippen LogP contribution in [-0.2, 0) is 4.79 Å². The quantitative estimate of drug-likeness (QED) is 0.156. The topological polar surface area (TPSA) is 125 Å². The summed E-state index contributed by atoms with van der Waals surface area (Å²) in [6.07, 6.45) is 1.25. The van der Waals surface area contributed by atoms with Gasteiger partial charge in [-0.05, 0) is 49.4 Å². The van der Waals surface area contributed by atoms with Crippen molar-refractivity contribution < 1.29 is 14.5 Å². The van der Waals surface area contributed by atoms with Crippen molar-refractivity contribution >= 4 is 29.6 Å². The van der Waals surface area contributed by atoms with Crippen LogP contribution in [0.1, 0.15) is 11.1 Å². The maximum absolute atomic E-state index is 12.4. The van der Waals surface area contributed by atoms with E-state index in [4.69, 9.17) is 4.74 Å². The number of ether oxygens (including phenoxy) is 1. The summed E-state index contributed by atoms with van der Waals surface area (Å²) in [4.78, 5) is 23.0. The molecule has 1 N–H and O–H groups in total. The molecule has 0 saturated carbocycles. The maximum Gasteiger partial charge on any atom is 0.278 e. The summed E-state index contributed by atoms with van der Waals surface area (Å²) in [5, 5.41) is 24.2. The first kappa shape index (κ1) is 24.6. The van der Waals surface area contributed by atoms with Crippen LogP contribution >= 0.6 is 11.8 Å². The summed E-state index contributed by atoms with van der Waals surface area (Å²) < 4.78 is 7.13. The Morgan fingerprint density at radius 1 is 1.11 bits per heavy atom. The summed E-state index contributed by atoms with van der Waals surface area (Å²) >= 11 is 1.20. The lowest BCUT2D eigenvalue weighted by molar-refractivity contribution is -0.385. The highest BCUT2D eigenvalue weighted by Crippen LogP contribution is 2.29. The standard InChI is InChI=1S/C25H22N6O4S/c1-17-7-11-20(12-8-17)30-24(18-9-13-21(35-2)14-10-18)28-29-25(30)36-16-23(32)27-26-15-19-5-3-4-6-22(19)31(33)34/h3-15H,16H2,1-2H3,(H,27,32)/b26-15-. The Labute approximate surface area is 211 Å². The number of methoxy groups -OCH3 is 1. The lowest BCUT2D eigenvalue weighted by Crippen LogP contribution is -2.20. The zero-order valence-corrected chi connectivity index (χ0v) is 20.3. The number of nitro groups is 1. The van der Waals surface area contributed by atoms with Crippen LogP contribution in [0.25, 0.3) is 17.1 Å². The minimum Gasteiger partial charge on any atom is -0.497 e. The molecule has 0 spiro atoms. The van der Waals surface area contributed by atoms with Gasteiger partial charge in [0.1, 0.15) is 5.75 Å². The van der Waals surface area contributed by atoms with Crippen molar-refractivity contribution in [1.29, 1.82) is 0 Å². The second-order valence-electron chi connectivity index (χ2n) is 7.60. The lowest BCUT2D eigenvalue weighted by atomic mass is 10.2. The fraction of sp³-hybridized carbons (Fsp3) is 0.120. The molecule has 0 unspecified atom stereocenters. The summed E-state index contributed by atoms with van der Waals surface area (Å²) in [7, 11) is 1.61. The lowest BCUT2D eigenvalue weighted by Gasteiger charge is -2.11. The van der Waals surface area contributed by atoms with Crippen molar-refractivity contribution in [1.82, 2.24) is 20.2 Å². The zero-order chi connectivity index (χ0) is 25.5. The van der Waals surface area contributed by atoms with Crippen molar-refractivity contribution in [3.8, 4) is 22.8 Å². The number of carbonyl (C=O) groups is 1. The van der Waals surface area contributed by atoms with Crippen LogP contribution in [0.3, 0.4) is 0 Å². The van der Waals surface area contributed by atoms with Gasteiger partial charge in [0.15, 0.2) is 11.0 Å². The molecule has 0 aliphatic rings. The van der Waals surface area contributed by atoms with Crippen LogP contribution in [0.5, 0.6) is 5.75 Å². The zero-order valence-electron chi connectivity index (χ0n) is 19.5. The fourth-order valence-corrected chi connectivity index (χ4v) is 4.06. The molecular formula is C25H22N6O4S. The van der Waals surface area contributed by atoms with E-state index in [1.807, 2.05) is 60.0 Å². The van der Waals surface area contributed by atoms with Gasteiger partial charge in [0, 0.05) is 17.3 Å². The molecule has 1 aromatic heterocycles. The van der Waals surface area contributed by atoms with Crippen molar-refractivity contribution in [2.45, 2.75) is 12.1 Å². The monoisotopic (exact) mass is 502 g/mol. The first-order chi connectivity index (χ1) is 17.5. The summed E-state index contributed by atoms with van der Waals surface area (Å²) in [5.74, 6) is 0.979. The van der Waals surface area contributed by atoms with E-state index in [9.17, 15) is 14.9 Å². The largest absolute Gasteiger partial charge is 0.497 e. The number of benzene rings is 3. The molecule has 4 aromatic rings. The Balaban J connectivity index is 1.51. The van der Waals surface area contributed by atoms with E-state index in [2.05, 4.69) is 20.7 Å². The van der Waals surface area contributed by atoms with E-state index in [0.29, 0.717) is 16.5 Å². The molecule has 0 bridgehead atoms. The molecule has 36 heavy (non-hydrogen) atoms. The number of aromatic nitrogens is 3. The molecule has 10 nitrogen and oxygen atoms in total. The number of rotatable bonds is 9. The number of nitro benzene ring substituents is 1. The first-order valence-electron chi connectivity index (χ1n) is 10.8. The van der Waals surface area contributed by atoms with Crippen LogP contribution in [0.2, 0.25) is 0 Å². The molecule has 11 heteroatoms. The van der Waals surface area contributed by atoms with Gasteiger partial charge in [-0.15, -0.1) is 10.2 Å². The molecule has 182 valence electrons. The molecule has 1 heterocycles. The van der Waals surface area contributed by atoms with Crippen LogP contribution in [0.15, 0.2) is 83.1 Å². The molecule has 0 atom stereocenters. The van der Waals surface area contributed by atoms with Gasteiger partial charge in [-0.3, -0.25) is 19.5 Å². The SMILES string of the molecule is COc1ccc(-c2nnc(SCC(=O)N/N=C\c3ccccc3[N+](=O)[O-])n2-c2ccc(C)cc2)cc1. The Kier molecular flexibility index (Phi) is 7.71. The van der Waals surface area contributed by atoms with E-state index in [1.165, 1.54) is 24.0 Å². The third-order valence-electron chi connectivity index (χ3n) is 5.13. The van der Waals surface area contributed by atoms with Crippen molar-refractivity contribution in [2.24, 2.45) is 5.10 Å². The molecule has 3 aromatic carbocycles. The van der Waals surface area contributed by atoms with Crippen LogP contribution in [0.4, 0.5) is 5.69 Å². The van der Waals surface area contributed by atoms with E-state index >= 15 is 0 Å². The van der Waals surface area contributed by atoms with Crippen molar-refractivity contribution in [3.63, 3.8) is 0 Å². The van der Waals surface area contributed by atoms with Gasteiger partial charge in [-0.1, -0.05) is 41.6 Å². The first-order valence-corrected chi connectivity index (χ1v) is 11.8. The minimum absolute atomic E-state index is 0.0147. The number of hydrogen-bond donors (Lipinski definition) is 1. The molecule has 0 fully saturated rings. The molecule has 0 aliphatic heterocycles. The molecular weight excluding hydrogens is 480 g/mol. The predicted molar refractivity (Wildman–Crippen MR) is 138 cm³/mol. The Morgan fingerprint density at radius 3 is 2.53 bits per heavy atom. The fourth-order valence-electron chi connectivity index (χ4n) is 3.32. The van der Waals surface area contributed by atoms with Crippen molar-refractivity contribution in [3.05, 3.63) is 94.0 Å². The number of carbonyl (C=O) groups excluding carboxylic acids is 1. The van der Waals surface area contributed by atoms with Gasteiger partial charge in [0.2, 0.25) is 0 Å². The Bertz CT molecular complexity index is 1400. The summed E-state index contributed by atoms with van der Waals surface area (Å²) in [6.45, 7) is 2.00. The van der Waals surface area contributed by atoms with E-state index in [1.54, 1.807) is 25.3 Å². The van der Waals surface area contributed by atoms with Gasteiger partial charge < -0.3 is 4.74 Å². The molecule has 1 amide bonds. The third-order valence-corrected chi connectivity index (χ3v) is 6.06. The average molecular weight is 503 g/mol. The van der Waals surface area contributed by atoms with Crippen LogP contribution < -0.4 is 10.2 Å². The number of hydrazone groups is 1. The highest BCUT2D eigenvalue weighted by molar-refractivity contribution is 7.99. The predicted octanol–water partition coefficient (Wildman–Crippen LogP) is 4.40. The van der Waals surface area contributed by atoms with Crippen molar-refractivity contribution in [2.75, 3.05) is 12.9 Å². The second-order valence-corrected chi connectivity index (χ2v) is 8.55. The van der Waals surface area contributed by atoms with Crippen LogP contribution in [-0.4, -0.2) is 44.7 Å². The van der Waals surface area contributed by atoms with Crippen LogP contribution in [0, 0.1) is 17.0 Å². The molecule has 0 saturated heterocycles. The molecule has 0 aliphatic carbocycles. The number of hydrogen-bond acceptors (Lipinski definition) is 8. The number of nitrogens with one attached hydrogen (secondary N) is 1. The molecule has 4 rings (SSSR count). The number of aryl methyl sites for hydroxylation is 1. The van der Waals surface area contributed by atoms with E-state index in [0.717, 1.165) is 22.6 Å². The third kappa shape index (κ3) is 5.76. The number of amides is 1. The maximum atomic E-state index is 12.4. The van der Waals surface area contributed by atoms with Gasteiger partial charge in [0.25, 0.3) is 11.6 Å². The van der Waals surface area contributed by atoms with Gasteiger partial charge in [-0.2, -0.15) is 5.10 Å². The highest BCUT2D eigenvalue weighted by Gasteiger charge is 2.17. The van der Waals surface area contributed by atoms with Gasteiger partial charge in [-0.25, -0.2) is 5.43 Å².